The Labute approximate surface area is 532 Å². The molecule has 0 aromatic rings. The predicted molar refractivity (Wildman–Crippen MR) is 365 cm³/mol. The lowest BCUT2D eigenvalue weighted by atomic mass is 10.1. The number of unbranched alkanes of at least 4 members (excludes halogenated alkanes) is 4. The maximum atomic E-state index is 12.9. The number of hydrogen-bond acceptors (Lipinski definition) is 19. The van der Waals surface area contributed by atoms with Crippen molar-refractivity contribution in [1.82, 2.24) is 14.7 Å². The summed E-state index contributed by atoms with van der Waals surface area (Å²) < 4.78 is 22.6. The molecule has 0 radical (unpaired) electrons. The highest BCUT2D eigenvalue weighted by Gasteiger charge is 2.36. The van der Waals surface area contributed by atoms with E-state index < -0.39 is 0 Å². The summed E-state index contributed by atoms with van der Waals surface area (Å²) in [6, 6.07) is 0. The van der Waals surface area contributed by atoms with Crippen LogP contribution in [0.1, 0.15) is 195 Å². The largest absolute Gasteiger partial charge is 0.465 e. The van der Waals surface area contributed by atoms with E-state index in [-0.39, 0.29) is 23.9 Å². The molecule has 0 aliphatic heterocycles. The van der Waals surface area contributed by atoms with Gasteiger partial charge in [-0.2, -0.15) is 0 Å². The van der Waals surface area contributed by atoms with Crippen molar-refractivity contribution < 1.29 is 38.1 Å². The normalized spacial score (nSPS) is 21.6. The maximum absolute atomic E-state index is 12.9. The average Bonchev–Trinajstić information content (AvgIpc) is 4.45. The number of carbonyl (C=O) groups is 4. The zero-order chi connectivity index (χ0) is 58.7. The molecule has 82 heavy (non-hydrogen) atoms. The molecule has 0 N–H and O–H groups in total. The first kappa shape index (κ1) is 75.0. The molecule has 478 valence electrons. The molecule has 4 fully saturated rings. The Kier molecular flexibility index (Phi) is 45.2. The van der Waals surface area contributed by atoms with Gasteiger partial charge in [-0.05, 0) is 145 Å². The minimum atomic E-state index is -0.186. The summed E-state index contributed by atoms with van der Waals surface area (Å²) in [6.07, 6.45) is 29.9. The van der Waals surface area contributed by atoms with Gasteiger partial charge in [-0.1, -0.05) is 191 Å². The van der Waals surface area contributed by atoms with E-state index in [0.717, 1.165) is 132 Å². The number of hydrogen-bond donors (Lipinski definition) is 0. The molecule has 4 aliphatic carbocycles. The van der Waals surface area contributed by atoms with Crippen LogP contribution < -0.4 is 0 Å². The summed E-state index contributed by atoms with van der Waals surface area (Å²) in [5.74, 6) is 14.9. The Hall–Kier alpha value is 0.560. The summed E-state index contributed by atoms with van der Waals surface area (Å²) in [5.41, 5.74) is 0. The van der Waals surface area contributed by atoms with Gasteiger partial charge in [-0.15, -0.1) is 0 Å². The molecule has 8 unspecified atom stereocenters. The SMILES string of the molecule is CCC1CC1CCCCSSCCOC(=O)CCN(CCCN(C)CCCN(CCC(=O)OCCSSCCCCC1CC1CC)CCC(=O)OCCSSCCCCC1CC1CC)CCC(=O)OCCSSCCCCC1CC1CC. The van der Waals surface area contributed by atoms with Crippen LogP contribution in [0.2, 0.25) is 0 Å². The molecule has 4 saturated carbocycles. The Bertz CT molecular complexity index is 1430. The van der Waals surface area contributed by atoms with Crippen LogP contribution in [0.25, 0.3) is 0 Å². The zero-order valence-electron chi connectivity index (χ0n) is 52.0. The number of nitrogens with zero attached hydrogens (tertiary/aromatic N) is 3. The van der Waals surface area contributed by atoms with Crippen LogP contribution in [0, 0.1) is 47.3 Å². The van der Waals surface area contributed by atoms with Gasteiger partial charge in [0.2, 0.25) is 0 Å². The molecule has 19 heteroatoms. The Morgan fingerprint density at radius 3 is 0.793 bits per heavy atom. The second kappa shape index (κ2) is 49.4. The third kappa shape index (κ3) is 40.2. The van der Waals surface area contributed by atoms with Crippen LogP contribution in [0.15, 0.2) is 0 Å². The molecule has 0 spiro atoms. The summed E-state index contributed by atoms with van der Waals surface area (Å²) in [7, 11) is 16.9. The van der Waals surface area contributed by atoms with Crippen molar-refractivity contribution in [2.75, 3.05) is 132 Å². The molecule has 0 saturated heterocycles. The first-order valence-corrected chi connectivity index (χ1v) is 42.8. The Balaban J connectivity index is 1.11. The van der Waals surface area contributed by atoms with Gasteiger partial charge >= 0.3 is 23.9 Å². The second-order valence-corrected chi connectivity index (χ2v) is 34.6. The molecular weight excluding hydrogens is 1180 g/mol. The van der Waals surface area contributed by atoms with E-state index in [0.29, 0.717) is 78.3 Å². The van der Waals surface area contributed by atoms with Crippen molar-refractivity contribution in [1.29, 1.82) is 0 Å². The fourth-order valence-electron chi connectivity index (χ4n) is 11.4. The summed E-state index contributed by atoms with van der Waals surface area (Å²) in [4.78, 5) is 58.3. The van der Waals surface area contributed by atoms with Gasteiger partial charge < -0.3 is 33.6 Å². The van der Waals surface area contributed by atoms with E-state index in [1.54, 1.807) is 43.2 Å². The lowest BCUT2D eigenvalue weighted by Gasteiger charge is -2.25. The van der Waals surface area contributed by atoms with Gasteiger partial charge in [0.25, 0.3) is 0 Å². The molecule has 0 bridgehead atoms. The first-order chi connectivity index (χ1) is 40.1. The molecule has 0 heterocycles. The van der Waals surface area contributed by atoms with Crippen LogP contribution in [0.5, 0.6) is 0 Å². The molecule has 11 nitrogen and oxygen atoms in total. The third-order valence-electron chi connectivity index (χ3n) is 17.2. The van der Waals surface area contributed by atoms with E-state index in [4.69, 9.17) is 18.9 Å². The van der Waals surface area contributed by atoms with Crippen molar-refractivity contribution in [3.63, 3.8) is 0 Å². The predicted octanol–water partition coefficient (Wildman–Crippen LogP) is 16.4. The number of rotatable bonds is 60. The van der Waals surface area contributed by atoms with Crippen LogP contribution in [0.3, 0.4) is 0 Å². The lowest BCUT2D eigenvalue weighted by molar-refractivity contribution is -0.145. The number of carbonyl (C=O) groups excluding carboxylic acids is 4. The van der Waals surface area contributed by atoms with Crippen LogP contribution in [0.4, 0.5) is 0 Å². The highest BCUT2D eigenvalue weighted by atomic mass is 33.1. The van der Waals surface area contributed by atoms with Crippen LogP contribution in [-0.2, 0) is 38.1 Å². The van der Waals surface area contributed by atoms with Crippen LogP contribution >= 0.6 is 86.4 Å². The Morgan fingerprint density at radius 1 is 0.317 bits per heavy atom. The van der Waals surface area contributed by atoms with Gasteiger partial charge in [0.05, 0.1) is 25.7 Å². The quantitative estimate of drug-likeness (QED) is 0.0249. The third-order valence-corrected chi connectivity index (χ3v) is 27.0. The molecule has 4 aliphatic rings. The van der Waals surface area contributed by atoms with E-state index in [2.05, 4.69) is 49.4 Å². The lowest BCUT2D eigenvalue weighted by Crippen LogP contribution is -2.34. The van der Waals surface area contributed by atoms with Gasteiger partial charge in [-0.3, -0.25) is 19.2 Å². The van der Waals surface area contributed by atoms with Crippen molar-refractivity contribution in [2.24, 2.45) is 47.3 Å². The fourth-order valence-corrected chi connectivity index (χ4v) is 19.2. The van der Waals surface area contributed by atoms with E-state index in [1.807, 2.05) is 43.2 Å². The molecule has 0 aromatic heterocycles. The number of ether oxygens (including phenoxy) is 4. The van der Waals surface area contributed by atoms with Gasteiger partial charge in [0, 0.05) is 72.2 Å². The Morgan fingerprint density at radius 2 is 0.561 bits per heavy atom. The zero-order valence-corrected chi connectivity index (χ0v) is 58.6. The second-order valence-electron chi connectivity index (χ2n) is 23.8. The molecule has 8 atom stereocenters. The number of esters is 4. The summed E-state index contributed by atoms with van der Waals surface area (Å²) in [5, 5.41) is 0. The topological polar surface area (TPSA) is 115 Å². The molecule has 0 amide bonds. The first-order valence-electron chi connectivity index (χ1n) is 32.8. The minimum Gasteiger partial charge on any atom is -0.465 e. The molecule has 0 aromatic carbocycles. The minimum absolute atomic E-state index is 0.186. The molecule has 4 rings (SSSR count). The van der Waals surface area contributed by atoms with E-state index in [9.17, 15) is 19.2 Å². The maximum Gasteiger partial charge on any atom is 0.307 e. The molecular formula is C63H115N3O8S8. The average molecular weight is 1300 g/mol. The van der Waals surface area contributed by atoms with Crippen molar-refractivity contribution in [3.8, 4) is 0 Å². The van der Waals surface area contributed by atoms with Gasteiger partial charge in [0.1, 0.15) is 26.4 Å². The summed E-state index contributed by atoms with van der Waals surface area (Å²) >= 11 is 0. The summed E-state index contributed by atoms with van der Waals surface area (Å²) in [6.45, 7) is 16.3. The van der Waals surface area contributed by atoms with Crippen molar-refractivity contribution in [2.45, 2.75) is 195 Å². The highest BCUT2D eigenvalue weighted by molar-refractivity contribution is 8.77. The van der Waals surface area contributed by atoms with Crippen LogP contribution in [-0.4, -0.2) is 170 Å². The van der Waals surface area contributed by atoms with Crippen molar-refractivity contribution >= 4 is 110 Å². The smallest absolute Gasteiger partial charge is 0.307 e. The standard InChI is InChI=1S/C63H115N3O8S8/c1-6-52-48-56(52)20-10-14-40-75-79-44-36-71-60(67)24-32-65(33-25-61(68)72-37-45-80-76-41-15-11-21-57-49-53(57)7-2)30-18-28-64(5)29-19-31-66(34-26-62(69)73-38-46-81-77-42-16-12-22-58-50-54(58)8-3)35-27-63(70)74-39-47-82-78-43-17-13-23-59-51-55(59)9-4/h52-59H,6-51H2,1-5H3. The highest BCUT2D eigenvalue weighted by Crippen LogP contribution is 2.47. The monoisotopic (exact) mass is 1300 g/mol. The van der Waals surface area contributed by atoms with Gasteiger partial charge in [-0.25, -0.2) is 0 Å². The van der Waals surface area contributed by atoms with E-state index in [1.165, 1.54) is 128 Å². The fraction of sp³-hybridized carbons (Fsp3) is 0.937. The van der Waals surface area contributed by atoms with E-state index >= 15 is 0 Å². The van der Waals surface area contributed by atoms with Gasteiger partial charge in [0.15, 0.2) is 0 Å². The van der Waals surface area contributed by atoms with Crippen molar-refractivity contribution in [3.05, 3.63) is 0 Å².